The Hall–Kier alpha value is -2.75. The molecule has 12 N–H and O–H groups in total. The summed E-state index contributed by atoms with van der Waals surface area (Å²) in [4.78, 5) is 40.2. The Morgan fingerprint density at radius 1 is 0.944 bits per heavy atom. The van der Waals surface area contributed by atoms with Crippen molar-refractivity contribution in [3.05, 3.63) is 35.9 Å². The first-order valence-corrected chi connectivity index (χ1v) is 12.3. The molecule has 0 saturated carbocycles. The van der Waals surface area contributed by atoms with E-state index in [2.05, 4.69) is 5.32 Å². The van der Waals surface area contributed by atoms with Crippen molar-refractivity contribution >= 4 is 35.6 Å². The molecule has 1 saturated heterocycles. The van der Waals surface area contributed by atoms with Crippen LogP contribution in [0.3, 0.4) is 0 Å². The smallest absolute Gasteiger partial charge is 0.322 e. The van der Waals surface area contributed by atoms with Crippen LogP contribution < -0.4 is 22.5 Å². The third kappa shape index (κ3) is 19.5. The van der Waals surface area contributed by atoms with E-state index < -0.39 is 48.6 Å². The quantitative estimate of drug-likeness (QED) is 0.174. The van der Waals surface area contributed by atoms with E-state index in [4.69, 9.17) is 42.7 Å². The van der Waals surface area contributed by atoms with E-state index in [9.17, 15) is 19.2 Å². The summed E-state index contributed by atoms with van der Waals surface area (Å²) in [5.74, 6) is -2.96. The Labute approximate surface area is 214 Å². The van der Waals surface area contributed by atoms with Crippen LogP contribution in [0.25, 0.3) is 0 Å². The van der Waals surface area contributed by atoms with Crippen LogP contribution in [-0.4, -0.2) is 98.7 Å². The van der Waals surface area contributed by atoms with Crippen molar-refractivity contribution in [2.24, 2.45) is 17.2 Å². The second kappa shape index (κ2) is 21.5. The third-order valence-electron chi connectivity index (χ3n) is 4.44. The highest BCUT2D eigenvalue weighted by Gasteiger charge is 2.20. The van der Waals surface area contributed by atoms with Gasteiger partial charge in [0.1, 0.15) is 24.2 Å². The number of carboxylic acid groups (broad SMARTS) is 4. The number of aliphatic carboxylic acids is 4. The Bertz CT molecular complexity index is 765. The lowest BCUT2D eigenvalue weighted by atomic mass is 10.1. The molecule has 13 nitrogen and oxygen atoms in total. The summed E-state index contributed by atoms with van der Waals surface area (Å²) < 4.78 is 0. The predicted molar refractivity (Wildman–Crippen MR) is 136 cm³/mol. The molecule has 1 fully saturated rings. The molecule has 2 rings (SSSR count). The van der Waals surface area contributed by atoms with E-state index in [0.717, 1.165) is 30.7 Å². The van der Waals surface area contributed by atoms with Gasteiger partial charge in [0.15, 0.2) is 0 Å². The molecule has 1 aliphatic heterocycles. The molecule has 0 spiro atoms. The van der Waals surface area contributed by atoms with Crippen LogP contribution in [0.5, 0.6) is 0 Å². The Kier molecular flexibility index (Phi) is 21.2. The summed E-state index contributed by atoms with van der Waals surface area (Å²) in [5.41, 5.74) is 16.3. The van der Waals surface area contributed by atoms with Crippen molar-refractivity contribution in [1.29, 1.82) is 0 Å². The van der Waals surface area contributed by atoms with Gasteiger partial charge in [0.2, 0.25) is 0 Å². The maximum absolute atomic E-state index is 10.4. The van der Waals surface area contributed by atoms with E-state index in [0.29, 0.717) is 12.8 Å². The number of thioether (sulfide) groups is 1. The lowest BCUT2D eigenvalue weighted by Gasteiger charge is -2.04. The van der Waals surface area contributed by atoms with Crippen molar-refractivity contribution in [3.8, 4) is 0 Å². The summed E-state index contributed by atoms with van der Waals surface area (Å²) in [5, 5.41) is 43.9. The molecular formula is C22H38N4O9S. The standard InChI is InChI=1S/C9H11NO2.C5H11NO2S.C5H9NO2.C3H7NO3/c10-8(9(11)12)6-7-4-2-1-3-5-7;1-9-3-2-4(6)5(7)8;7-5(8)4-2-1-3-6-4;4-2(1-5)3(6)7/h1-5,8H,6,10H2,(H,11,12);4H,2-3,6H2,1H3,(H,7,8);4,6H,1-3H2,(H,7,8);2,5H,1,4H2,(H,6,7)/t8-;2*4-;2-/m0000/s1. The fraction of sp³-hybridized carbons (Fsp3) is 0.545. The number of hydrogen-bond donors (Lipinski definition) is 9. The average molecular weight is 535 g/mol. The minimum atomic E-state index is -1.18. The summed E-state index contributed by atoms with van der Waals surface area (Å²) in [7, 11) is 0. The number of carboxylic acids is 4. The van der Waals surface area contributed by atoms with Crippen molar-refractivity contribution in [1.82, 2.24) is 5.32 Å². The Morgan fingerprint density at radius 3 is 1.78 bits per heavy atom. The van der Waals surface area contributed by atoms with Crippen LogP contribution in [0, 0.1) is 0 Å². The Morgan fingerprint density at radius 2 is 1.47 bits per heavy atom. The van der Waals surface area contributed by atoms with Crippen molar-refractivity contribution in [2.75, 3.05) is 25.2 Å². The third-order valence-corrected chi connectivity index (χ3v) is 5.08. The number of nitrogens with one attached hydrogen (secondary N) is 1. The zero-order valence-electron chi connectivity index (χ0n) is 20.2. The number of aliphatic hydroxyl groups excluding tert-OH is 1. The molecule has 0 bridgehead atoms. The molecule has 1 aromatic carbocycles. The predicted octanol–water partition coefficient (Wildman–Crippen LogP) is -0.994. The molecule has 14 heteroatoms. The minimum absolute atomic E-state index is 0.269. The lowest BCUT2D eigenvalue weighted by molar-refractivity contribution is -0.140. The first kappa shape index (κ1) is 35.4. The first-order chi connectivity index (χ1) is 16.9. The molecule has 1 aliphatic rings. The maximum atomic E-state index is 10.4. The van der Waals surface area contributed by atoms with Gasteiger partial charge in [0.25, 0.3) is 0 Å². The van der Waals surface area contributed by atoms with Gasteiger partial charge in [-0.15, -0.1) is 0 Å². The second-order valence-corrected chi connectivity index (χ2v) is 8.46. The average Bonchev–Trinajstić information content (AvgIpc) is 3.39. The van der Waals surface area contributed by atoms with E-state index in [1.165, 1.54) is 0 Å². The molecule has 1 heterocycles. The molecule has 36 heavy (non-hydrogen) atoms. The van der Waals surface area contributed by atoms with Gasteiger partial charge >= 0.3 is 23.9 Å². The fourth-order valence-electron chi connectivity index (χ4n) is 2.30. The highest BCUT2D eigenvalue weighted by atomic mass is 32.2. The van der Waals surface area contributed by atoms with Crippen LogP contribution in [0.2, 0.25) is 0 Å². The van der Waals surface area contributed by atoms with Gasteiger partial charge < -0.3 is 48.1 Å². The van der Waals surface area contributed by atoms with E-state index in [-0.39, 0.29) is 6.04 Å². The highest BCUT2D eigenvalue weighted by Crippen LogP contribution is 2.03. The van der Waals surface area contributed by atoms with Gasteiger partial charge in [-0.05, 0) is 49.8 Å². The number of rotatable bonds is 10. The lowest BCUT2D eigenvalue weighted by Crippen LogP contribution is -2.33. The molecule has 0 amide bonds. The zero-order chi connectivity index (χ0) is 28.1. The molecule has 0 radical (unpaired) electrons. The second-order valence-electron chi connectivity index (χ2n) is 7.48. The largest absolute Gasteiger partial charge is 0.480 e. The first-order valence-electron chi connectivity index (χ1n) is 10.9. The van der Waals surface area contributed by atoms with Gasteiger partial charge in [-0.1, -0.05) is 30.3 Å². The molecule has 0 aliphatic carbocycles. The van der Waals surface area contributed by atoms with Crippen molar-refractivity contribution < 1.29 is 44.7 Å². The van der Waals surface area contributed by atoms with E-state index >= 15 is 0 Å². The van der Waals surface area contributed by atoms with Crippen LogP contribution in [-0.2, 0) is 25.6 Å². The summed E-state index contributed by atoms with van der Waals surface area (Å²) >= 11 is 1.60. The summed E-state index contributed by atoms with van der Waals surface area (Å²) in [6, 6.07) is 6.47. The number of aliphatic hydroxyl groups is 1. The SMILES string of the molecule is CSCC[C@H](N)C(=O)O.N[C@@H](CO)C(=O)O.N[C@@H](Cc1ccccc1)C(=O)O.O=C(O)[C@@H]1CCCN1. The molecule has 4 atom stereocenters. The molecule has 1 aromatic rings. The Balaban J connectivity index is 0. The monoisotopic (exact) mass is 534 g/mol. The number of hydrogen-bond acceptors (Lipinski definition) is 10. The highest BCUT2D eigenvalue weighted by molar-refractivity contribution is 7.98. The van der Waals surface area contributed by atoms with Gasteiger partial charge in [-0.3, -0.25) is 19.2 Å². The number of nitrogens with two attached hydrogens (primary N) is 3. The topological polar surface area (TPSA) is 260 Å². The van der Waals surface area contributed by atoms with Gasteiger partial charge in [0.05, 0.1) is 6.61 Å². The van der Waals surface area contributed by atoms with Crippen molar-refractivity contribution in [3.63, 3.8) is 0 Å². The summed E-state index contributed by atoms with van der Waals surface area (Å²) in [6.07, 6.45) is 4.65. The molecule has 0 unspecified atom stereocenters. The van der Waals surface area contributed by atoms with Gasteiger partial charge in [-0.2, -0.15) is 11.8 Å². The van der Waals surface area contributed by atoms with Gasteiger partial charge in [0, 0.05) is 0 Å². The molecular weight excluding hydrogens is 496 g/mol. The zero-order valence-corrected chi connectivity index (χ0v) is 21.0. The number of benzene rings is 1. The van der Waals surface area contributed by atoms with Gasteiger partial charge in [-0.25, -0.2) is 0 Å². The summed E-state index contributed by atoms with van der Waals surface area (Å²) in [6.45, 7) is 0.353. The van der Waals surface area contributed by atoms with Crippen LogP contribution >= 0.6 is 11.8 Å². The molecule has 0 aromatic heterocycles. The normalized spacial score (nSPS) is 16.3. The van der Waals surface area contributed by atoms with E-state index in [1.807, 2.05) is 36.6 Å². The van der Waals surface area contributed by atoms with Crippen LogP contribution in [0.15, 0.2) is 30.3 Å². The van der Waals surface area contributed by atoms with Crippen LogP contribution in [0.1, 0.15) is 24.8 Å². The van der Waals surface area contributed by atoms with Crippen molar-refractivity contribution in [2.45, 2.75) is 49.9 Å². The van der Waals surface area contributed by atoms with E-state index in [1.54, 1.807) is 11.8 Å². The number of carbonyl (C=O) groups is 4. The fourth-order valence-corrected chi connectivity index (χ4v) is 2.79. The minimum Gasteiger partial charge on any atom is -0.480 e. The maximum Gasteiger partial charge on any atom is 0.322 e. The molecule has 206 valence electrons. The van der Waals surface area contributed by atoms with Crippen LogP contribution in [0.4, 0.5) is 0 Å².